The first-order valence-corrected chi connectivity index (χ1v) is 12.0. The van der Waals surface area contributed by atoms with Crippen molar-refractivity contribution in [1.29, 1.82) is 0 Å². The maximum Gasteiger partial charge on any atom is 0.420 e. The quantitative estimate of drug-likeness (QED) is 0.380. The number of hydrogen-bond acceptors (Lipinski definition) is 7. The summed E-state index contributed by atoms with van der Waals surface area (Å²) in [6.07, 6.45) is 0. The Bertz CT molecular complexity index is 1540. The van der Waals surface area contributed by atoms with Crippen molar-refractivity contribution in [2.24, 2.45) is 0 Å². The van der Waals surface area contributed by atoms with Crippen LogP contribution in [0, 0.1) is 0 Å². The second-order valence-corrected chi connectivity index (χ2v) is 9.22. The first-order chi connectivity index (χ1) is 16.7. The highest BCUT2D eigenvalue weighted by Gasteiger charge is 2.24. The lowest BCUT2D eigenvalue weighted by atomic mass is 10.2. The van der Waals surface area contributed by atoms with Crippen LogP contribution in [0.3, 0.4) is 0 Å². The van der Waals surface area contributed by atoms with Crippen LogP contribution >= 0.6 is 0 Å². The molecule has 0 fully saturated rings. The fraction of sp³-hybridized carbons (Fsp3) is 0.167. The van der Waals surface area contributed by atoms with E-state index < -0.39 is 27.7 Å². The standard InChI is InChI=1S/C24H23N3O7S/c1-15(27-19-6-4-5-7-20(19)34-24(27)29)23(28)25-17-10-13-21(33-3)22(14-17)35(30,31)26-16-8-11-18(32-2)12-9-16/h4-15,26H,1-3H3,(H,25,28)/t15-/m1/s1. The molecule has 0 bridgehead atoms. The van der Waals surface area contributed by atoms with Gasteiger partial charge in [-0.25, -0.2) is 13.2 Å². The zero-order valence-corrected chi connectivity index (χ0v) is 20.0. The van der Waals surface area contributed by atoms with E-state index in [1.807, 2.05) is 0 Å². The number of benzene rings is 3. The fourth-order valence-corrected chi connectivity index (χ4v) is 4.80. The maximum atomic E-state index is 13.1. The number of anilines is 2. The summed E-state index contributed by atoms with van der Waals surface area (Å²) in [6.45, 7) is 1.55. The lowest BCUT2D eigenvalue weighted by molar-refractivity contribution is -0.118. The number of sulfonamides is 1. The molecule has 2 N–H and O–H groups in total. The molecule has 1 amide bonds. The van der Waals surface area contributed by atoms with E-state index in [0.29, 0.717) is 22.5 Å². The number of hydrogen-bond donors (Lipinski definition) is 2. The third kappa shape index (κ3) is 4.85. The second-order valence-electron chi connectivity index (χ2n) is 7.57. The minimum absolute atomic E-state index is 0.0918. The first kappa shape index (κ1) is 23.9. The van der Waals surface area contributed by atoms with Crippen molar-refractivity contribution >= 4 is 38.4 Å². The number of nitrogens with zero attached hydrogens (tertiary/aromatic N) is 1. The molecule has 1 atom stereocenters. The summed E-state index contributed by atoms with van der Waals surface area (Å²) in [4.78, 5) is 25.1. The Labute approximate surface area is 201 Å². The Morgan fingerprint density at radius 2 is 1.66 bits per heavy atom. The molecule has 0 unspecified atom stereocenters. The van der Waals surface area contributed by atoms with Crippen LogP contribution in [-0.4, -0.2) is 33.1 Å². The van der Waals surface area contributed by atoms with Gasteiger partial charge in [0.25, 0.3) is 10.0 Å². The number of para-hydroxylation sites is 2. The molecule has 4 rings (SSSR count). The van der Waals surface area contributed by atoms with Gasteiger partial charge in [0.05, 0.1) is 19.7 Å². The number of aromatic nitrogens is 1. The molecule has 0 spiro atoms. The molecule has 182 valence electrons. The highest BCUT2D eigenvalue weighted by molar-refractivity contribution is 7.92. The van der Waals surface area contributed by atoms with Crippen LogP contribution in [-0.2, 0) is 14.8 Å². The molecule has 1 heterocycles. The summed E-state index contributed by atoms with van der Waals surface area (Å²) in [5.74, 6) is -0.534. The smallest absolute Gasteiger partial charge is 0.420 e. The van der Waals surface area contributed by atoms with Gasteiger partial charge in [0.15, 0.2) is 5.58 Å². The fourth-order valence-electron chi connectivity index (χ4n) is 3.55. The lowest BCUT2D eigenvalue weighted by Crippen LogP contribution is -2.29. The van der Waals surface area contributed by atoms with Gasteiger partial charge in [-0.05, 0) is 61.5 Å². The van der Waals surface area contributed by atoms with Gasteiger partial charge in [0, 0.05) is 11.4 Å². The average Bonchev–Trinajstić information content (AvgIpc) is 3.19. The lowest BCUT2D eigenvalue weighted by Gasteiger charge is -2.16. The molecular formula is C24H23N3O7S. The summed E-state index contributed by atoms with van der Waals surface area (Å²) < 4.78 is 45.4. The molecule has 0 aliphatic carbocycles. The predicted octanol–water partition coefficient (Wildman–Crippen LogP) is 3.61. The van der Waals surface area contributed by atoms with Gasteiger partial charge in [0.2, 0.25) is 5.91 Å². The predicted molar refractivity (Wildman–Crippen MR) is 131 cm³/mol. The van der Waals surface area contributed by atoms with Crippen LogP contribution < -0.4 is 25.3 Å². The Hall–Kier alpha value is -4.25. The number of rotatable bonds is 8. The van der Waals surface area contributed by atoms with E-state index in [-0.39, 0.29) is 16.3 Å². The number of ether oxygens (including phenoxy) is 2. The second kappa shape index (κ2) is 9.55. The number of carbonyl (C=O) groups excluding carboxylic acids is 1. The van der Waals surface area contributed by atoms with E-state index in [0.717, 1.165) is 0 Å². The molecule has 0 saturated heterocycles. The largest absolute Gasteiger partial charge is 0.497 e. The van der Waals surface area contributed by atoms with Crippen LogP contribution in [0.1, 0.15) is 13.0 Å². The number of carbonyl (C=O) groups is 1. The average molecular weight is 498 g/mol. The van der Waals surface area contributed by atoms with Crippen LogP contribution in [0.25, 0.3) is 11.1 Å². The molecule has 0 saturated carbocycles. The van der Waals surface area contributed by atoms with Crippen molar-refractivity contribution in [3.05, 3.63) is 77.3 Å². The molecule has 0 aliphatic heterocycles. The minimum atomic E-state index is -4.07. The summed E-state index contributed by atoms with van der Waals surface area (Å²) >= 11 is 0. The minimum Gasteiger partial charge on any atom is -0.497 e. The van der Waals surface area contributed by atoms with Crippen LogP contribution in [0.5, 0.6) is 11.5 Å². The summed E-state index contributed by atoms with van der Waals surface area (Å²) in [6, 6.07) is 16.4. The van der Waals surface area contributed by atoms with E-state index >= 15 is 0 Å². The van der Waals surface area contributed by atoms with Gasteiger partial charge >= 0.3 is 5.76 Å². The topological polar surface area (TPSA) is 129 Å². The molecule has 11 heteroatoms. The van der Waals surface area contributed by atoms with Crippen molar-refractivity contribution in [2.75, 3.05) is 24.3 Å². The van der Waals surface area contributed by atoms with Crippen LogP contribution in [0.15, 0.2) is 80.8 Å². The first-order valence-electron chi connectivity index (χ1n) is 10.5. The number of methoxy groups -OCH3 is 2. The molecule has 1 aromatic heterocycles. The SMILES string of the molecule is COc1ccc(NS(=O)(=O)c2cc(NC(=O)[C@@H](C)n3c(=O)oc4ccccc43)ccc2OC)cc1. The van der Waals surface area contributed by atoms with Gasteiger partial charge in [0.1, 0.15) is 22.4 Å². The van der Waals surface area contributed by atoms with Gasteiger partial charge in [-0.3, -0.25) is 14.1 Å². The zero-order chi connectivity index (χ0) is 25.2. The Kier molecular flexibility index (Phi) is 6.52. The Balaban J connectivity index is 1.61. The van der Waals surface area contributed by atoms with E-state index in [9.17, 15) is 18.0 Å². The van der Waals surface area contributed by atoms with Crippen molar-refractivity contribution < 1.29 is 27.1 Å². The third-order valence-corrected chi connectivity index (χ3v) is 6.75. The van der Waals surface area contributed by atoms with E-state index in [2.05, 4.69) is 10.0 Å². The molecule has 3 aromatic carbocycles. The van der Waals surface area contributed by atoms with Gasteiger partial charge in [-0.2, -0.15) is 0 Å². The van der Waals surface area contributed by atoms with Crippen LogP contribution in [0.2, 0.25) is 0 Å². The summed E-state index contributed by atoms with van der Waals surface area (Å²) in [7, 11) is -1.21. The van der Waals surface area contributed by atoms with Crippen molar-refractivity contribution in [3.8, 4) is 11.5 Å². The van der Waals surface area contributed by atoms with Gasteiger partial charge < -0.3 is 19.2 Å². The maximum absolute atomic E-state index is 13.1. The normalized spacial score (nSPS) is 12.2. The third-order valence-electron chi connectivity index (χ3n) is 5.35. The van der Waals surface area contributed by atoms with E-state index in [1.54, 1.807) is 55.5 Å². The van der Waals surface area contributed by atoms with Crippen molar-refractivity contribution in [3.63, 3.8) is 0 Å². The summed E-state index contributed by atoms with van der Waals surface area (Å²) in [5, 5.41) is 2.66. The molecule has 10 nitrogen and oxygen atoms in total. The zero-order valence-electron chi connectivity index (χ0n) is 19.1. The molecule has 0 radical (unpaired) electrons. The molecule has 0 aliphatic rings. The van der Waals surface area contributed by atoms with Crippen molar-refractivity contribution in [2.45, 2.75) is 17.9 Å². The van der Waals surface area contributed by atoms with E-state index in [4.69, 9.17) is 13.9 Å². The number of oxazole rings is 1. The summed E-state index contributed by atoms with van der Waals surface area (Å²) in [5.41, 5.74) is 1.36. The Morgan fingerprint density at radius 1 is 0.971 bits per heavy atom. The van der Waals surface area contributed by atoms with Crippen LogP contribution in [0.4, 0.5) is 11.4 Å². The number of amides is 1. The molecule has 4 aromatic rings. The van der Waals surface area contributed by atoms with Crippen molar-refractivity contribution in [1.82, 2.24) is 4.57 Å². The van der Waals surface area contributed by atoms with Gasteiger partial charge in [-0.1, -0.05) is 12.1 Å². The molecule has 35 heavy (non-hydrogen) atoms. The molecular weight excluding hydrogens is 474 g/mol. The van der Waals surface area contributed by atoms with E-state index in [1.165, 1.54) is 37.0 Å². The number of nitrogens with one attached hydrogen (secondary N) is 2. The Morgan fingerprint density at radius 3 is 2.34 bits per heavy atom. The monoisotopic (exact) mass is 497 g/mol. The highest BCUT2D eigenvalue weighted by Crippen LogP contribution is 2.30. The van der Waals surface area contributed by atoms with Gasteiger partial charge in [-0.15, -0.1) is 0 Å². The number of fused-ring (bicyclic) bond motifs is 1. The highest BCUT2D eigenvalue weighted by atomic mass is 32.2.